The number of nitrogens with two attached hydrogens (primary N) is 1. The van der Waals surface area contributed by atoms with Crippen LogP contribution in [0.25, 0.3) is 0 Å². The first-order valence-corrected chi connectivity index (χ1v) is 5.62. The smallest absolute Gasteiger partial charge is 0.126 e. The van der Waals surface area contributed by atoms with Gasteiger partial charge in [-0.2, -0.15) is 5.10 Å². The number of halogens is 2. The average molecular weight is 251 g/mol. The van der Waals surface area contributed by atoms with E-state index in [9.17, 15) is 8.78 Å². The van der Waals surface area contributed by atoms with E-state index in [0.717, 1.165) is 23.0 Å². The molecule has 5 heteroatoms. The van der Waals surface area contributed by atoms with Gasteiger partial charge in [0.15, 0.2) is 0 Å². The van der Waals surface area contributed by atoms with E-state index in [4.69, 9.17) is 5.73 Å². The normalized spacial score (nSPS) is 12.8. The van der Waals surface area contributed by atoms with Gasteiger partial charge >= 0.3 is 0 Å². The summed E-state index contributed by atoms with van der Waals surface area (Å²) >= 11 is 0. The summed E-state index contributed by atoms with van der Waals surface area (Å²) in [4.78, 5) is 0. The third-order valence-electron chi connectivity index (χ3n) is 3.12. The molecule has 0 aliphatic heterocycles. The first-order valence-electron chi connectivity index (χ1n) is 5.62. The van der Waals surface area contributed by atoms with E-state index < -0.39 is 17.7 Å². The summed E-state index contributed by atoms with van der Waals surface area (Å²) in [5, 5.41) is 4.25. The number of aryl methyl sites for hydroxylation is 2. The Labute approximate surface area is 104 Å². The van der Waals surface area contributed by atoms with E-state index in [-0.39, 0.29) is 0 Å². The fourth-order valence-electron chi connectivity index (χ4n) is 2.16. The highest BCUT2D eigenvalue weighted by atomic mass is 19.1. The molecule has 0 radical (unpaired) electrons. The van der Waals surface area contributed by atoms with Gasteiger partial charge in [-0.15, -0.1) is 0 Å². The lowest BCUT2D eigenvalue weighted by atomic mass is 9.98. The van der Waals surface area contributed by atoms with Crippen LogP contribution in [-0.4, -0.2) is 9.78 Å². The number of hydrogen-bond donors (Lipinski definition) is 1. The fraction of sp³-hybridized carbons (Fsp3) is 0.308. The third-order valence-corrected chi connectivity index (χ3v) is 3.12. The molecule has 0 fully saturated rings. The monoisotopic (exact) mass is 251 g/mol. The second-order valence-corrected chi connectivity index (χ2v) is 4.39. The van der Waals surface area contributed by atoms with Gasteiger partial charge in [0.25, 0.3) is 0 Å². The lowest BCUT2D eigenvalue weighted by molar-refractivity contribution is 0.577. The van der Waals surface area contributed by atoms with E-state index in [1.54, 1.807) is 4.68 Å². The molecule has 1 atom stereocenters. The average Bonchev–Trinajstić information content (AvgIpc) is 2.51. The van der Waals surface area contributed by atoms with Gasteiger partial charge in [0, 0.05) is 24.4 Å². The Kier molecular flexibility index (Phi) is 3.17. The Balaban J connectivity index is 2.50. The van der Waals surface area contributed by atoms with Gasteiger partial charge in [-0.1, -0.05) is 0 Å². The highest BCUT2D eigenvalue weighted by Crippen LogP contribution is 2.26. The molecule has 1 heterocycles. The van der Waals surface area contributed by atoms with Crippen LogP contribution in [0.4, 0.5) is 8.78 Å². The van der Waals surface area contributed by atoms with Crippen LogP contribution in [-0.2, 0) is 7.05 Å². The zero-order valence-electron chi connectivity index (χ0n) is 10.5. The summed E-state index contributed by atoms with van der Waals surface area (Å²) in [6, 6.07) is 2.75. The molecule has 0 saturated heterocycles. The molecule has 18 heavy (non-hydrogen) atoms. The number of benzene rings is 1. The van der Waals surface area contributed by atoms with Crippen molar-refractivity contribution in [2.24, 2.45) is 12.8 Å². The predicted octanol–water partition coefficient (Wildman–Crippen LogP) is 2.36. The molecule has 1 aromatic heterocycles. The standard InChI is InChI=1S/C13H15F2N3/c1-7-12(8(2)18(3)17-7)13(16)9-4-10(14)6-11(15)5-9/h4-6,13H,16H2,1-3H3. The Morgan fingerprint density at radius 3 is 2.17 bits per heavy atom. The van der Waals surface area contributed by atoms with Crippen LogP contribution in [0.5, 0.6) is 0 Å². The highest BCUT2D eigenvalue weighted by molar-refractivity contribution is 5.37. The predicted molar refractivity (Wildman–Crippen MR) is 65.1 cm³/mol. The largest absolute Gasteiger partial charge is 0.320 e. The topological polar surface area (TPSA) is 43.8 Å². The highest BCUT2D eigenvalue weighted by Gasteiger charge is 2.19. The van der Waals surface area contributed by atoms with Gasteiger partial charge < -0.3 is 5.73 Å². The van der Waals surface area contributed by atoms with Gasteiger partial charge in [0.1, 0.15) is 11.6 Å². The second-order valence-electron chi connectivity index (χ2n) is 4.39. The van der Waals surface area contributed by atoms with Crippen molar-refractivity contribution in [3.05, 3.63) is 52.3 Å². The van der Waals surface area contributed by atoms with Crippen LogP contribution in [0.3, 0.4) is 0 Å². The first-order chi connectivity index (χ1) is 8.40. The zero-order chi connectivity index (χ0) is 13.4. The van der Waals surface area contributed by atoms with Crippen LogP contribution >= 0.6 is 0 Å². The quantitative estimate of drug-likeness (QED) is 0.890. The molecule has 0 aliphatic carbocycles. The first kappa shape index (κ1) is 12.7. The summed E-state index contributed by atoms with van der Waals surface area (Å²) < 4.78 is 28.1. The molecule has 0 aliphatic rings. The minimum atomic E-state index is -0.625. The summed E-state index contributed by atoms with van der Waals surface area (Å²) in [6.45, 7) is 3.71. The van der Waals surface area contributed by atoms with Gasteiger partial charge in [-0.3, -0.25) is 4.68 Å². The van der Waals surface area contributed by atoms with Gasteiger partial charge in [0.05, 0.1) is 11.7 Å². The second kappa shape index (κ2) is 4.49. The molecule has 0 amide bonds. The molecular weight excluding hydrogens is 236 g/mol. The lowest BCUT2D eigenvalue weighted by Crippen LogP contribution is -2.14. The summed E-state index contributed by atoms with van der Waals surface area (Å²) in [5.41, 5.74) is 8.96. The van der Waals surface area contributed by atoms with Gasteiger partial charge in [-0.05, 0) is 31.5 Å². The zero-order valence-corrected chi connectivity index (χ0v) is 10.5. The third kappa shape index (κ3) is 2.13. The minimum Gasteiger partial charge on any atom is -0.320 e. The van der Waals surface area contributed by atoms with Crippen molar-refractivity contribution in [2.75, 3.05) is 0 Å². The molecule has 2 rings (SSSR count). The minimum absolute atomic E-state index is 0.409. The van der Waals surface area contributed by atoms with E-state index >= 15 is 0 Å². The van der Waals surface area contributed by atoms with Crippen LogP contribution < -0.4 is 5.73 Å². The number of hydrogen-bond acceptors (Lipinski definition) is 2. The van der Waals surface area contributed by atoms with Crippen molar-refractivity contribution in [2.45, 2.75) is 19.9 Å². The maximum atomic E-state index is 13.2. The Bertz CT molecular complexity index is 570. The van der Waals surface area contributed by atoms with E-state index in [2.05, 4.69) is 5.10 Å². The molecule has 1 unspecified atom stereocenters. The maximum absolute atomic E-state index is 13.2. The van der Waals surface area contributed by atoms with Crippen molar-refractivity contribution < 1.29 is 8.78 Å². The summed E-state index contributed by atoms with van der Waals surface area (Å²) in [6.07, 6.45) is 0. The van der Waals surface area contributed by atoms with Crippen molar-refractivity contribution in [1.29, 1.82) is 0 Å². The summed E-state index contributed by atoms with van der Waals surface area (Å²) in [5.74, 6) is -1.25. The maximum Gasteiger partial charge on any atom is 0.126 e. The molecule has 0 spiro atoms. The van der Waals surface area contributed by atoms with Gasteiger partial charge in [-0.25, -0.2) is 8.78 Å². The Morgan fingerprint density at radius 2 is 1.72 bits per heavy atom. The lowest BCUT2D eigenvalue weighted by Gasteiger charge is -2.13. The van der Waals surface area contributed by atoms with Crippen LogP contribution in [0.2, 0.25) is 0 Å². The van der Waals surface area contributed by atoms with E-state index in [1.165, 1.54) is 12.1 Å². The molecule has 1 aromatic carbocycles. The molecule has 2 N–H and O–H groups in total. The van der Waals surface area contributed by atoms with E-state index in [0.29, 0.717) is 5.56 Å². The van der Waals surface area contributed by atoms with Crippen molar-refractivity contribution in [1.82, 2.24) is 9.78 Å². The van der Waals surface area contributed by atoms with Crippen molar-refractivity contribution in [3.8, 4) is 0 Å². The van der Waals surface area contributed by atoms with Crippen molar-refractivity contribution >= 4 is 0 Å². The molecule has 3 nitrogen and oxygen atoms in total. The van der Waals surface area contributed by atoms with Crippen LogP contribution in [0.15, 0.2) is 18.2 Å². The van der Waals surface area contributed by atoms with Crippen LogP contribution in [0, 0.1) is 25.5 Å². The molecular formula is C13H15F2N3. The Hall–Kier alpha value is -1.75. The van der Waals surface area contributed by atoms with Gasteiger partial charge in [0.2, 0.25) is 0 Å². The number of aromatic nitrogens is 2. The molecule has 96 valence electrons. The molecule has 2 aromatic rings. The molecule has 0 saturated carbocycles. The van der Waals surface area contributed by atoms with Crippen LogP contribution in [0.1, 0.15) is 28.6 Å². The van der Waals surface area contributed by atoms with Crippen molar-refractivity contribution in [3.63, 3.8) is 0 Å². The fourth-order valence-corrected chi connectivity index (χ4v) is 2.16. The number of rotatable bonds is 2. The molecule has 0 bridgehead atoms. The number of nitrogens with zero attached hydrogens (tertiary/aromatic N) is 2. The van der Waals surface area contributed by atoms with E-state index in [1.807, 2.05) is 20.9 Å². The summed E-state index contributed by atoms with van der Waals surface area (Å²) in [7, 11) is 1.81. The SMILES string of the molecule is Cc1nn(C)c(C)c1C(N)c1cc(F)cc(F)c1. The Morgan fingerprint density at radius 1 is 1.17 bits per heavy atom.